The van der Waals surface area contributed by atoms with Crippen LogP contribution in [0.25, 0.3) is 0 Å². The van der Waals surface area contributed by atoms with E-state index in [2.05, 4.69) is 15.8 Å². The molecule has 7 nitrogen and oxygen atoms in total. The van der Waals surface area contributed by atoms with Crippen molar-refractivity contribution in [1.29, 1.82) is 0 Å². The molecule has 0 fully saturated rings. The highest BCUT2D eigenvalue weighted by Crippen LogP contribution is 2.15. The topological polar surface area (TPSA) is 96.9 Å². The van der Waals surface area contributed by atoms with Crippen LogP contribution in [0.4, 0.5) is 0 Å². The lowest BCUT2D eigenvalue weighted by atomic mass is 10.1. The van der Waals surface area contributed by atoms with E-state index < -0.39 is 17.8 Å². The van der Waals surface area contributed by atoms with E-state index in [1.165, 1.54) is 6.21 Å². The number of benzene rings is 3. The summed E-state index contributed by atoms with van der Waals surface area (Å²) in [5.41, 5.74) is 4.81. The number of rotatable bonds is 7. The number of hydrogen-bond donors (Lipinski definition) is 2. The lowest BCUT2D eigenvalue weighted by Gasteiger charge is -2.06. The Hall–Kier alpha value is -3.97. The summed E-state index contributed by atoms with van der Waals surface area (Å²) in [4.78, 5) is 36.0. The van der Waals surface area contributed by atoms with Crippen molar-refractivity contribution in [3.8, 4) is 5.75 Å². The van der Waals surface area contributed by atoms with E-state index in [1.807, 2.05) is 19.1 Å². The highest BCUT2D eigenvalue weighted by Gasteiger charge is 2.11. The van der Waals surface area contributed by atoms with Gasteiger partial charge in [-0.25, -0.2) is 10.2 Å². The number of amides is 2. The summed E-state index contributed by atoms with van der Waals surface area (Å²) in [5.74, 6) is -1.01. The van der Waals surface area contributed by atoms with Crippen LogP contribution in [0.15, 0.2) is 77.9 Å². The van der Waals surface area contributed by atoms with Gasteiger partial charge in [-0.15, -0.1) is 0 Å². The SMILES string of the molecule is Cc1ccc(C(=O)Oc2ccc(C=NNC(=O)CNC(=O)c3ccccc3Cl)cc2)cc1. The number of nitrogens with one attached hydrogen (secondary N) is 2. The molecule has 0 aromatic heterocycles. The van der Waals surface area contributed by atoms with Crippen LogP contribution >= 0.6 is 11.6 Å². The zero-order chi connectivity index (χ0) is 22.9. The molecule has 162 valence electrons. The van der Waals surface area contributed by atoms with Gasteiger partial charge >= 0.3 is 5.97 Å². The summed E-state index contributed by atoms with van der Waals surface area (Å²) in [6.45, 7) is 1.68. The third kappa shape index (κ3) is 6.52. The second kappa shape index (κ2) is 10.9. The first kappa shape index (κ1) is 22.7. The minimum absolute atomic E-state index is 0.255. The van der Waals surface area contributed by atoms with Gasteiger partial charge in [0.2, 0.25) is 0 Å². The molecule has 8 heteroatoms. The highest BCUT2D eigenvalue weighted by molar-refractivity contribution is 6.33. The van der Waals surface area contributed by atoms with E-state index in [0.717, 1.165) is 5.56 Å². The van der Waals surface area contributed by atoms with Gasteiger partial charge in [-0.3, -0.25) is 9.59 Å². The smallest absolute Gasteiger partial charge is 0.343 e. The van der Waals surface area contributed by atoms with Gasteiger partial charge in [0, 0.05) is 0 Å². The standard InChI is InChI=1S/C24H20ClN3O4/c1-16-6-10-18(11-7-16)24(31)32-19-12-8-17(9-13-19)14-27-28-22(29)15-26-23(30)20-4-2-3-5-21(20)25/h2-14H,15H2,1H3,(H,26,30)(H,28,29). The predicted octanol–water partition coefficient (Wildman–Crippen LogP) is 3.75. The first-order valence-electron chi connectivity index (χ1n) is 9.66. The lowest BCUT2D eigenvalue weighted by molar-refractivity contribution is -0.120. The molecule has 0 heterocycles. The number of nitrogens with zero attached hydrogens (tertiary/aromatic N) is 1. The molecule has 3 rings (SSSR count). The maximum atomic E-state index is 12.1. The van der Waals surface area contributed by atoms with Gasteiger partial charge in [0.1, 0.15) is 5.75 Å². The minimum Gasteiger partial charge on any atom is -0.423 e. The molecule has 0 atom stereocenters. The number of halogens is 1. The molecule has 0 unspecified atom stereocenters. The Balaban J connectivity index is 1.45. The van der Waals surface area contributed by atoms with E-state index in [1.54, 1.807) is 60.7 Å². The van der Waals surface area contributed by atoms with Crippen molar-refractivity contribution >= 4 is 35.6 Å². The molecule has 3 aromatic rings. The number of carbonyl (C=O) groups is 3. The Labute approximate surface area is 190 Å². The molecule has 0 aliphatic heterocycles. The van der Waals surface area contributed by atoms with Gasteiger partial charge < -0.3 is 10.1 Å². The number of esters is 1. The average Bonchev–Trinajstić information content (AvgIpc) is 2.79. The molecular weight excluding hydrogens is 430 g/mol. The zero-order valence-electron chi connectivity index (χ0n) is 17.2. The molecule has 32 heavy (non-hydrogen) atoms. The number of ether oxygens (including phenoxy) is 1. The fourth-order valence-electron chi connectivity index (χ4n) is 2.60. The first-order valence-corrected chi connectivity index (χ1v) is 10.0. The molecule has 2 amide bonds. The second-order valence-electron chi connectivity index (χ2n) is 6.78. The van der Waals surface area contributed by atoms with E-state index in [4.69, 9.17) is 16.3 Å². The number of hydrogen-bond acceptors (Lipinski definition) is 5. The Morgan fingerprint density at radius 3 is 2.34 bits per heavy atom. The summed E-state index contributed by atoms with van der Waals surface area (Å²) < 4.78 is 5.33. The summed E-state index contributed by atoms with van der Waals surface area (Å²) in [6, 6.07) is 20.3. The van der Waals surface area contributed by atoms with Crippen molar-refractivity contribution < 1.29 is 19.1 Å². The number of aryl methyl sites for hydroxylation is 1. The van der Waals surface area contributed by atoms with Crippen LogP contribution in [0, 0.1) is 6.92 Å². The van der Waals surface area contributed by atoms with Crippen LogP contribution in [-0.2, 0) is 4.79 Å². The quantitative estimate of drug-likeness (QED) is 0.248. The Morgan fingerprint density at radius 1 is 0.969 bits per heavy atom. The van der Waals surface area contributed by atoms with Gasteiger partial charge in [-0.1, -0.05) is 41.4 Å². The molecule has 0 spiro atoms. The fourth-order valence-corrected chi connectivity index (χ4v) is 2.82. The minimum atomic E-state index is -0.495. The van der Waals surface area contributed by atoms with Gasteiger partial charge in [0.15, 0.2) is 0 Å². The van der Waals surface area contributed by atoms with Crippen LogP contribution in [0.3, 0.4) is 0 Å². The summed E-state index contributed by atoms with van der Waals surface area (Å²) in [5, 5.41) is 6.62. The third-order valence-corrected chi connectivity index (χ3v) is 4.64. The maximum Gasteiger partial charge on any atom is 0.343 e. The summed E-state index contributed by atoms with van der Waals surface area (Å²) in [6.07, 6.45) is 1.43. The van der Waals surface area contributed by atoms with Crippen molar-refractivity contribution in [2.24, 2.45) is 5.10 Å². The van der Waals surface area contributed by atoms with Gasteiger partial charge in [0.05, 0.1) is 28.9 Å². The molecule has 0 radical (unpaired) electrons. The molecule has 0 saturated carbocycles. The van der Waals surface area contributed by atoms with Crippen LogP contribution in [0.5, 0.6) is 5.75 Å². The van der Waals surface area contributed by atoms with Crippen molar-refractivity contribution in [3.63, 3.8) is 0 Å². The van der Waals surface area contributed by atoms with E-state index >= 15 is 0 Å². The molecule has 0 saturated heterocycles. The lowest BCUT2D eigenvalue weighted by Crippen LogP contribution is -2.35. The molecule has 2 N–H and O–H groups in total. The van der Waals surface area contributed by atoms with E-state index in [9.17, 15) is 14.4 Å². The Morgan fingerprint density at radius 2 is 1.66 bits per heavy atom. The number of carbonyl (C=O) groups excluding carboxylic acids is 3. The Kier molecular flexibility index (Phi) is 7.72. The summed E-state index contributed by atoms with van der Waals surface area (Å²) in [7, 11) is 0. The van der Waals surface area contributed by atoms with Crippen LogP contribution in [0.1, 0.15) is 31.8 Å². The predicted molar refractivity (Wildman–Crippen MR) is 122 cm³/mol. The van der Waals surface area contributed by atoms with Gasteiger partial charge in [-0.2, -0.15) is 5.10 Å². The van der Waals surface area contributed by atoms with Crippen LogP contribution < -0.4 is 15.5 Å². The normalized spacial score (nSPS) is 10.6. The fraction of sp³-hybridized carbons (Fsp3) is 0.0833. The van der Waals surface area contributed by atoms with Gasteiger partial charge in [0.25, 0.3) is 11.8 Å². The van der Waals surface area contributed by atoms with Crippen molar-refractivity contribution in [1.82, 2.24) is 10.7 Å². The summed E-state index contributed by atoms with van der Waals surface area (Å²) >= 11 is 5.95. The largest absolute Gasteiger partial charge is 0.423 e. The van der Waals surface area contributed by atoms with E-state index in [0.29, 0.717) is 21.9 Å². The van der Waals surface area contributed by atoms with E-state index in [-0.39, 0.29) is 12.1 Å². The third-order valence-electron chi connectivity index (χ3n) is 4.31. The average molecular weight is 450 g/mol. The Bertz CT molecular complexity index is 1140. The molecule has 0 aliphatic rings. The monoisotopic (exact) mass is 449 g/mol. The first-order chi connectivity index (χ1) is 15.4. The van der Waals surface area contributed by atoms with Crippen LogP contribution in [0.2, 0.25) is 5.02 Å². The molecule has 3 aromatic carbocycles. The van der Waals surface area contributed by atoms with Crippen molar-refractivity contribution in [3.05, 3.63) is 100 Å². The van der Waals surface area contributed by atoms with Crippen LogP contribution in [-0.4, -0.2) is 30.5 Å². The molecular formula is C24H20ClN3O4. The van der Waals surface area contributed by atoms with Crippen molar-refractivity contribution in [2.75, 3.05) is 6.54 Å². The molecule has 0 bridgehead atoms. The zero-order valence-corrected chi connectivity index (χ0v) is 17.9. The second-order valence-corrected chi connectivity index (χ2v) is 7.19. The molecule has 0 aliphatic carbocycles. The van der Waals surface area contributed by atoms with Crippen molar-refractivity contribution in [2.45, 2.75) is 6.92 Å². The number of hydrazone groups is 1. The van der Waals surface area contributed by atoms with Gasteiger partial charge in [-0.05, 0) is 61.0 Å². The highest BCUT2D eigenvalue weighted by atomic mass is 35.5. The maximum absolute atomic E-state index is 12.1.